The largest absolute Gasteiger partial charge is 0.359 e. The fraction of sp³-hybridized carbons (Fsp3) is 0.640. The van der Waals surface area contributed by atoms with Crippen LogP contribution in [0.3, 0.4) is 0 Å². The normalized spacial score (nSPS) is 13.5. The highest BCUT2D eigenvalue weighted by Gasteiger charge is 2.14. The fourth-order valence-corrected chi connectivity index (χ4v) is 3.74. The van der Waals surface area contributed by atoms with Crippen molar-refractivity contribution in [2.75, 3.05) is 18.4 Å². The fourth-order valence-electron chi connectivity index (χ4n) is 3.74. The Labute approximate surface area is 174 Å². The van der Waals surface area contributed by atoms with Crippen molar-refractivity contribution in [3.63, 3.8) is 0 Å². The summed E-state index contributed by atoms with van der Waals surface area (Å²) in [4.78, 5) is 7.27. The lowest BCUT2D eigenvalue weighted by Gasteiger charge is -2.29. The van der Waals surface area contributed by atoms with Crippen molar-refractivity contribution >= 4 is 11.4 Å². The SMILES string of the molecule is CC(=CC(C)=NCCN(C(C)C)C(C)C)Nc1c(C(C)C)cccc1C(C)C. The lowest BCUT2D eigenvalue weighted by atomic mass is 9.92. The Morgan fingerprint density at radius 1 is 0.929 bits per heavy atom. The van der Waals surface area contributed by atoms with Crippen molar-refractivity contribution < 1.29 is 0 Å². The second-order valence-corrected chi connectivity index (χ2v) is 9.02. The smallest absolute Gasteiger partial charge is 0.0520 e. The number of para-hydroxylation sites is 1. The van der Waals surface area contributed by atoms with E-state index in [0.29, 0.717) is 23.9 Å². The summed E-state index contributed by atoms with van der Waals surface area (Å²) in [6.07, 6.45) is 2.16. The molecule has 1 aromatic rings. The number of nitrogens with one attached hydrogen (secondary N) is 1. The first-order chi connectivity index (χ1) is 13.0. The van der Waals surface area contributed by atoms with Gasteiger partial charge in [0.2, 0.25) is 0 Å². The Balaban J connectivity index is 2.92. The maximum atomic E-state index is 4.78. The van der Waals surface area contributed by atoms with Gasteiger partial charge in [0.1, 0.15) is 0 Å². The summed E-state index contributed by atoms with van der Waals surface area (Å²) in [6.45, 7) is 24.1. The molecule has 28 heavy (non-hydrogen) atoms. The molecule has 0 bridgehead atoms. The van der Waals surface area contributed by atoms with Gasteiger partial charge in [-0.3, -0.25) is 9.89 Å². The molecule has 3 nitrogen and oxygen atoms in total. The van der Waals surface area contributed by atoms with Crippen LogP contribution in [0.4, 0.5) is 5.69 Å². The van der Waals surface area contributed by atoms with Gasteiger partial charge in [-0.15, -0.1) is 0 Å². The lowest BCUT2D eigenvalue weighted by molar-refractivity contribution is 0.181. The van der Waals surface area contributed by atoms with E-state index in [1.807, 2.05) is 0 Å². The summed E-state index contributed by atoms with van der Waals surface area (Å²) in [5.74, 6) is 0.976. The number of aliphatic imine (C=N–C) groups is 1. The zero-order valence-electron chi connectivity index (χ0n) is 19.9. The molecule has 0 radical (unpaired) electrons. The monoisotopic (exact) mass is 385 g/mol. The minimum Gasteiger partial charge on any atom is -0.359 e. The summed E-state index contributed by atoms with van der Waals surface area (Å²) in [7, 11) is 0. The molecule has 0 aliphatic carbocycles. The molecule has 158 valence electrons. The predicted molar refractivity (Wildman–Crippen MR) is 127 cm³/mol. The van der Waals surface area contributed by atoms with Crippen LogP contribution in [0.5, 0.6) is 0 Å². The number of benzene rings is 1. The van der Waals surface area contributed by atoms with Gasteiger partial charge in [-0.1, -0.05) is 45.9 Å². The third-order valence-electron chi connectivity index (χ3n) is 5.17. The van der Waals surface area contributed by atoms with Crippen molar-refractivity contribution in [2.24, 2.45) is 4.99 Å². The number of allylic oxidation sites excluding steroid dienone is 2. The molecule has 1 N–H and O–H groups in total. The quantitative estimate of drug-likeness (QED) is 0.447. The van der Waals surface area contributed by atoms with Gasteiger partial charge < -0.3 is 5.32 Å². The van der Waals surface area contributed by atoms with Crippen molar-refractivity contribution in [3.05, 3.63) is 41.1 Å². The van der Waals surface area contributed by atoms with Gasteiger partial charge in [-0.25, -0.2) is 0 Å². The molecule has 0 fully saturated rings. The highest BCUT2D eigenvalue weighted by atomic mass is 15.2. The predicted octanol–water partition coefficient (Wildman–Crippen LogP) is 6.83. The minimum absolute atomic E-state index is 0.488. The van der Waals surface area contributed by atoms with Gasteiger partial charge in [0, 0.05) is 35.7 Å². The Morgan fingerprint density at radius 3 is 1.86 bits per heavy atom. The molecular formula is C25H43N3. The van der Waals surface area contributed by atoms with E-state index in [0.717, 1.165) is 24.5 Å². The van der Waals surface area contributed by atoms with Gasteiger partial charge in [0.15, 0.2) is 0 Å². The van der Waals surface area contributed by atoms with Crippen LogP contribution >= 0.6 is 0 Å². The number of hydrogen-bond donors (Lipinski definition) is 1. The second-order valence-electron chi connectivity index (χ2n) is 9.02. The number of rotatable bonds is 10. The van der Waals surface area contributed by atoms with E-state index in [2.05, 4.69) is 104 Å². The summed E-state index contributed by atoms with van der Waals surface area (Å²) >= 11 is 0. The third-order valence-corrected chi connectivity index (χ3v) is 5.17. The molecule has 0 aromatic heterocycles. The van der Waals surface area contributed by atoms with Crippen LogP contribution in [0.1, 0.15) is 92.2 Å². The maximum absolute atomic E-state index is 4.78. The van der Waals surface area contributed by atoms with E-state index in [1.54, 1.807) is 0 Å². The van der Waals surface area contributed by atoms with Gasteiger partial charge in [-0.05, 0) is 70.6 Å². The van der Waals surface area contributed by atoms with Gasteiger partial charge in [-0.2, -0.15) is 0 Å². The average molecular weight is 386 g/mol. The first-order valence-electron chi connectivity index (χ1n) is 10.9. The second kappa shape index (κ2) is 11.4. The number of anilines is 1. The molecular weight excluding hydrogens is 342 g/mol. The van der Waals surface area contributed by atoms with Crippen molar-refractivity contribution in [2.45, 2.75) is 93.2 Å². The topological polar surface area (TPSA) is 27.6 Å². The van der Waals surface area contributed by atoms with Crippen molar-refractivity contribution in [1.82, 2.24) is 4.90 Å². The van der Waals surface area contributed by atoms with E-state index in [4.69, 9.17) is 4.99 Å². The first kappa shape index (κ1) is 24.4. The average Bonchev–Trinajstić information content (AvgIpc) is 2.57. The number of nitrogens with zero attached hydrogens (tertiary/aromatic N) is 2. The standard InChI is InChI=1S/C25H43N3/c1-17(2)23-12-11-13-24(18(3)4)25(23)27-22(10)16-21(9)26-14-15-28(19(5)6)20(7)8/h11-13,16-20,27H,14-15H2,1-10H3. The molecule has 0 spiro atoms. The van der Waals surface area contributed by atoms with Crippen LogP contribution < -0.4 is 5.32 Å². The van der Waals surface area contributed by atoms with Gasteiger partial charge in [0.25, 0.3) is 0 Å². The molecule has 0 unspecified atom stereocenters. The molecule has 0 heterocycles. The van der Waals surface area contributed by atoms with E-state index < -0.39 is 0 Å². The Hall–Kier alpha value is -1.61. The Morgan fingerprint density at radius 2 is 1.43 bits per heavy atom. The highest BCUT2D eigenvalue weighted by Crippen LogP contribution is 2.33. The van der Waals surface area contributed by atoms with Crippen LogP contribution in [0, 0.1) is 0 Å². The molecule has 0 atom stereocenters. The first-order valence-corrected chi connectivity index (χ1v) is 10.9. The Kier molecular flexibility index (Phi) is 9.95. The summed E-state index contributed by atoms with van der Waals surface area (Å²) in [5.41, 5.74) is 6.22. The molecule has 0 saturated carbocycles. The summed E-state index contributed by atoms with van der Waals surface area (Å²) in [6, 6.07) is 7.75. The Bertz CT molecular complexity index is 632. The molecule has 0 amide bonds. The maximum Gasteiger partial charge on any atom is 0.0520 e. The molecule has 0 aliphatic heterocycles. The van der Waals surface area contributed by atoms with E-state index in [9.17, 15) is 0 Å². The van der Waals surface area contributed by atoms with Crippen LogP contribution in [0.2, 0.25) is 0 Å². The van der Waals surface area contributed by atoms with Crippen LogP contribution in [0.25, 0.3) is 0 Å². The van der Waals surface area contributed by atoms with Gasteiger partial charge in [0.05, 0.1) is 6.54 Å². The van der Waals surface area contributed by atoms with Crippen molar-refractivity contribution in [3.8, 4) is 0 Å². The highest BCUT2D eigenvalue weighted by molar-refractivity contribution is 5.93. The molecule has 1 aromatic carbocycles. The zero-order chi connectivity index (χ0) is 21.4. The van der Waals surface area contributed by atoms with Crippen LogP contribution in [0.15, 0.2) is 35.0 Å². The lowest BCUT2D eigenvalue weighted by Crippen LogP contribution is -2.38. The minimum atomic E-state index is 0.488. The van der Waals surface area contributed by atoms with Crippen LogP contribution in [-0.4, -0.2) is 35.8 Å². The van der Waals surface area contributed by atoms with E-state index >= 15 is 0 Å². The third kappa shape index (κ3) is 7.43. The van der Waals surface area contributed by atoms with E-state index in [1.165, 1.54) is 16.8 Å². The molecule has 0 aliphatic rings. The summed E-state index contributed by atoms with van der Waals surface area (Å²) < 4.78 is 0. The van der Waals surface area contributed by atoms with Crippen molar-refractivity contribution in [1.29, 1.82) is 0 Å². The van der Waals surface area contributed by atoms with E-state index in [-0.39, 0.29) is 0 Å². The number of hydrogen-bond acceptors (Lipinski definition) is 3. The molecule has 3 heteroatoms. The molecule has 1 rings (SSSR count). The van der Waals surface area contributed by atoms with Gasteiger partial charge >= 0.3 is 0 Å². The van der Waals surface area contributed by atoms with Crippen LogP contribution in [-0.2, 0) is 0 Å². The molecule has 0 saturated heterocycles. The zero-order valence-corrected chi connectivity index (χ0v) is 19.9. The summed E-state index contributed by atoms with van der Waals surface area (Å²) in [5, 5.41) is 3.68.